The van der Waals surface area contributed by atoms with Crippen molar-refractivity contribution in [3.63, 3.8) is 0 Å². The van der Waals surface area contributed by atoms with E-state index >= 15 is 0 Å². The topological polar surface area (TPSA) is 30.7 Å². The Morgan fingerprint density at radius 3 is 2.00 bits per heavy atom. The maximum atomic E-state index is 3.92. The summed E-state index contributed by atoms with van der Waals surface area (Å²) in [6.45, 7) is 5.86. The van der Waals surface area contributed by atoms with Gasteiger partial charge in [0.05, 0.1) is 0 Å². The Hall–Kier alpha value is -0.860. The second-order valence-corrected chi connectivity index (χ2v) is 1.47. The van der Waals surface area contributed by atoms with Gasteiger partial charge < -0.3 is 0 Å². The largest absolute Gasteiger partial charge is 0.256 e. The van der Waals surface area contributed by atoms with Crippen molar-refractivity contribution in [2.75, 3.05) is 0 Å². The molecular formula is C7H17N3. The van der Waals surface area contributed by atoms with Gasteiger partial charge in [-0.05, 0) is 6.92 Å². The molecule has 0 saturated carbocycles. The number of nitrogens with zero attached hydrogens (tertiary/aromatic N) is 3. The van der Waals surface area contributed by atoms with Gasteiger partial charge in [0, 0.05) is 7.05 Å². The molecule has 1 heterocycles. The van der Waals surface area contributed by atoms with Crippen LogP contribution in [0.1, 0.15) is 27.1 Å². The van der Waals surface area contributed by atoms with Gasteiger partial charge in [0.15, 0.2) is 0 Å². The van der Waals surface area contributed by atoms with Crippen LogP contribution in [0.3, 0.4) is 0 Å². The molecule has 0 atom stereocenters. The van der Waals surface area contributed by atoms with E-state index in [0.717, 1.165) is 5.82 Å². The van der Waals surface area contributed by atoms with Crippen LogP contribution in [0.5, 0.6) is 0 Å². The fraction of sp³-hybridized carbons (Fsp3) is 0.714. The summed E-state index contributed by atoms with van der Waals surface area (Å²) in [7, 11) is 1.85. The highest BCUT2D eigenvalue weighted by atomic mass is 15.3. The van der Waals surface area contributed by atoms with Gasteiger partial charge in [-0.1, -0.05) is 21.3 Å². The SMILES string of the molecule is C.CC.Cc1ncn(C)n1. The van der Waals surface area contributed by atoms with Crippen molar-refractivity contribution in [3.05, 3.63) is 12.2 Å². The third kappa shape index (κ3) is 4.06. The summed E-state index contributed by atoms with van der Waals surface area (Å²) in [5.74, 6) is 0.822. The molecule has 0 spiro atoms. The lowest BCUT2D eigenvalue weighted by atomic mass is 10.8. The van der Waals surface area contributed by atoms with Crippen molar-refractivity contribution in [2.45, 2.75) is 28.2 Å². The van der Waals surface area contributed by atoms with Crippen LogP contribution in [0.15, 0.2) is 6.33 Å². The summed E-state index contributed by atoms with van der Waals surface area (Å²) in [4.78, 5) is 3.87. The third-order valence-corrected chi connectivity index (χ3v) is 0.714. The summed E-state index contributed by atoms with van der Waals surface area (Å²) < 4.78 is 1.68. The van der Waals surface area contributed by atoms with Crippen molar-refractivity contribution in [2.24, 2.45) is 7.05 Å². The maximum absolute atomic E-state index is 3.92. The van der Waals surface area contributed by atoms with Crippen molar-refractivity contribution < 1.29 is 0 Å². The first-order chi connectivity index (χ1) is 4.29. The first-order valence-corrected chi connectivity index (χ1v) is 3.11. The molecule has 3 heteroatoms. The smallest absolute Gasteiger partial charge is 0.147 e. The van der Waals surface area contributed by atoms with E-state index in [1.54, 1.807) is 11.0 Å². The van der Waals surface area contributed by atoms with Gasteiger partial charge in [-0.2, -0.15) is 5.10 Å². The Bertz CT molecular complexity index is 141. The van der Waals surface area contributed by atoms with Gasteiger partial charge in [0.1, 0.15) is 12.2 Å². The molecular weight excluding hydrogens is 126 g/mol. The van der Waals surface area contributed by atoms with E-state index in [1.807, 2.05) is 27.8 Å². The minimum Gasteiger partial charge on any atom is -0.256 e. The van der Waals surface area contributed by atoms with Gasteiger partial charge in [-0.15, -0.1) is 0 Å². The first kappa shape index (κ1) is 11.9. The van der Waals surface area contributed by atoms with Crippen LogP contribution >= 0.6 is 0 Å². The Balaban J connectivity index is 0. The number of hydrogen-bond acceptors (Lipinski definition) is 2. The monoisotopic (exact) mass is 143 g/mol. The minimum absolute atomic E-state index is 0. The Morgan fingerprint density at radius 2 is 1.90 bits per heavy atom. The first-order valence-electron chi connectivity index (χ1n) is 3.11. The zero-order chi connectivity index (χ0) is 7.28. The molecule has 0 aromatic carbocycles. The van der Waals surface area contributed by atoms with Gasteiger partial charge in [0.2, 0.25) is 0 Å². The highest BCUT2D eigenvalue weighted by Crippen LogP contribution is 1.79. The average molecular weight is 143 g/mol. The molecule has 0 fully saturated rings. The van der Waals surface area contributed by atoms with Crippen molar-refractivity contribution >= 4 is 0 Å². The number of aromatic nitrogens is 3. The lowest BCUT2D eigenvalue weighted by Gasteiger charge is -1.76. The van der Waals surface area contributed by atoms with Crippen LogP contribution < -0.4 is 0 Å². The molecule has 0 bridgehead atoms. The minimum atomic E-state index is 0. The van der Waals surface area contributed by atoms with E-state index in [-0.39, 0.29) is 7.43 Å². The lowest BCUT2D eigenvalue weighted by molar-refractivity contribution is 0.756. The second-order valence-electron chi connectivity index (χ2n) is 1.47. The highest BCUT2D eigenvalue weighted by molar-refractivity contribution is 4.72. The predicted octanol–water partition coefficient (Wildman–Crippen LogP) is 1.79. The van der Waals surface area contributed by atoms with Gasteiger partial charge in [-0.3, -0.25) is 4.68 Å². The van der Waals surface area contributed by atoms with E-state index in [4.69, 9.17) is 0 Å². The molecule has 0 N–H and O–H groups in total. The van der Waals surface area contributed by atoms with Crippen LogP contribution in [0, 0.1) is 6.92 Å². The summed E-state index contributed by atoms with van der Waals surface area (Å²) >= 11 is 0. The molecule has 0 aliphatic rings. The van der Waals surface area contributed by atoms with Crippen molar-refractivity contribution in [1.82, 2.24) is 14.8 Å². The predicted molar refractivity (Wildman–Crippen MR) is 43.8 cm³/mol. The van der Waals surface area contributed by atoms with Crippen LogP contribution in [-0.4, -0.2) is 14.8 Å². The zero-order valence-corrected chi connectivity index (χ0v) is 6.42. The Kier molecular flexibility index (Phi) is 7.44. The summed E-state index contributed by atoms with van der Waals surface area (Å²) in [6, 6.07) is 0. The molecule has 0 aliphatic heterocycles. The summed E-state index contributed by atoms with van der Waals surface area (Å²) in [6.07, 6.45) is 1.68. The normalized spacial score (nSPS) is 7.20. The average Bonchev–Trinajstić information content (AvgIpc) is 2.20. The molecule has 0 amide bonds. The molecule has 3 nitrogen and oxygen atoms in total. The van der Waals surface area contributed by atoms with E-state index in [1.165, 1.54) is 0 Å². The van der Waals surface area contributed by atoms with E-state index in [9.17, 15) is 0 Å². The Morgan fingerprint density at radius 1 is 1.40 bits per heavy atom. The lowest BCUT2D eigenvalue weighted by Crippen LogP contribution is -1.86. The molecule has 1 aromatic heterocycles. The van der Waals surface area contributed by atoms with Crippen LogP contribution in [0.2, 0.25) is 0 Å². The number of rotatable bonds is 0. The quantitative estimate of drug-likeness (QED) is 0.554. The standard InChI is InChI=1S/C4H7N3.C2H6.CH4/c1-4-5-3-7(2)6-4;1-2;/h3H,1-2H3;1-2H3;1H4. The summed E-state index contributed by atoms with van der Waals surface area (Å²) in [5.41, 5.74) is 0. The van der Waals surface area contributed by atoms with Crippen LogP contribution in [-0.2, 0) is 7.05 Å². The van der Waals surface area contributed by atoms with Gasteiger partial charge >= 0.3 is 0 Å². The second kappa shape index (κ2) is 6.26. The van der Waals surface area contributed by atoms with Crippen molar-refractivity contribution in [3.8, 4) is 0 Å². The van der Waals surface area contributed by atoms with Gasteiger partial charge in [0.25, 0.3) is 0 Å². The van der Waals surface area contributed by atoms with E-state index in [2.05, 4.69) is 10.1 Å². The fourth-order valence-electron chi connectivity index (χ4n) is 0.447. The molecule has 0 saturated heterocycles. The zero-order valence-electron chi connectivity index (χ0n) is 6.42. The van der Waals surface area contributed by atoms with Crippen LogP contribution in [0.4, 0.5) is 0 Å². The molecule has 1 aromatic rings. The van der Waals surface area contributed by atoms with Gasteiger partial charge in [-0.25, -0.2) is 4.98 Å². The highest BCUT2D eigenvalue weighted by Gasteiger charge is 1.83. The fourth-order valence-corrected chi connectivity index (χ4v) is 0.447. The molecule has 0 radical (unpaired) electrons. The molecule has 10 heavy (non-hydrogen) atoms. The summed E-state index contributed by atoms with van der Waals surface area (Å²) in [5, 5.41) is 3.92. The molecule has 60 valence electrons. The van der Waals surface area contributed by atoms with E-state index in [0.29, 0.717) is 0 Å². The number of aryl methyl sites for hydroxylation is 2. The van der Waals surface area contributed by atoms with Crippen molar-refractivity contribution in [1.29, 1.82) is 0 Å². The number of hydrogen-bond donors (Lipinski definition) is 0. The molecule has 0 aliphatic carbocycles. The molecule has 1 rings (SSSR count). The van der Waals surface area contributed by atoms with E-state index < -0.39 is 0 Å². The maximum Gasteiger partial charge on any atom is 0.147 e. The molecule has 0 unspecified atom stereocenters. The Labute approximate surface area is 63.1 Å². The van der Waals surface area contributed by atoms with Crippen LogP contribution in [0.25, 0.3) is 0 Å². The third-order valence-electron chi connectivity index (χ3n) is 0.714.